The third-order valence-electron chi connectivity index (χ3n) is 1.81. The fourth-order valence-corrected chi connectivity index (χ4v) is 1.09. The van der Waals surface area contributed by atoms with Crippen LogP contribution >= 0.6 is 0 Å². The average molecular weight is 181 g/mol. The van der Waals surface area contributed by atoms with Gasteiger partial charge in [0.15, 0.2) is 0 Å². The van der Waals surface area contributed by atoms with Crippen LogP contribution in [0.4, 0.5) is 4.39 Å². The first kappa shape index (κ1) is 9.74. The Balaban J connectivity index is 3.12. The largest absolute Gasteiger partial charge is 0.496 e. The lowest BCUT2D eigenvalue weighted by Gasteiger charge is -2.11. The lowest BCUT2D eigenvalue weighted by atomic mass is 10.1. The third kappa shape index (κ3) is 2.06. The molecule has 1 aromatic carbocycles. The molecule has 0 amide bonds. The van der Waals surface area contributed by atoms with Gasteiger partial charge in [0.2, 0.25) is 0 Å². The standard InChI is InChI=1S/C10H12FNO/c1-3-9(12)8-5-4-7(11)6-10(8)13-2/h3-6,9H,1,12H2,2H3/t9-/m1/s1. The van der Waals surface area contributed by atoms with E-state index in [1.54, 1.807) is 12.1 Å². The lowest BCUT2D eigenvalue weighted by molar-refractivity contribution is 0.404. The minimum Gasteiger partial charge on any atom is -0.496 e. The summed E-state index contributed by atoms with van der Waals surface area (Å²) in [7, 11) is 1.48. The molecule has 0 heterocycles. The number of halogens is 1. The Labute approximate surface area is 76.8 Å². The van der Waals surface area contributed by atoms with E-state index in [4.69, 9.17) is 10.5 Å². The summed E-state index contributed by atoms with van der Waals surface area (Å²) < 4.78 is 17.7. The summed E-state index contributed by atoms with van der Waals surface area (Å²) in [6.07, 6.45) is 1.58. The van der Waals surface area contributed by atoms with E-state index in [1.807, 2.05) is 0 Å². The maximum absolute atomic E-state index is 12.8. The van der Waals surface area contributed by atoms with Gasteiger partial charge in [-0.25, -0.2) is 4.39 Å². The second kappa shape index (κ2) is 4.05. The Morgan fingerprint density at radius 1 is 1.62 bits per heavy atom. The van der Waals surface area contributed by atoms with Crippen molar-refractivity contribution in [2.75, 3.05) is 7.11 Å². The summed E-state index contributed by atoms with van der Waals surface area (Å²) in [5, 5.41) is 0. The van der Waals surface area contributed by atoms with Crippen LogP contribution in [0.2, 0.25) is 0 Å². The maximum atomic E-state index is 12.8. The molecule has 0 saturated heterocycles. The molecule has 1 atom stereocenters. The third-order valence-corrected chi connectivity index (χ3v) is 1.81. The molecule has 0 spiro atoms. The van der Waals surface area contributed by atoms with Gasteiger partial charge in [-0.2, -0.15) is 0 Å². The van der Waals surface area contributed by atoms with Crippen LogP contribution in [0.1, 0.15) is 11.6 Å². The van der Waals surface area contributed by atoms with Crippen molar-refractivity contribution in [2.24, 2.45) is 5.73 Å². The van der Waals surface area contributed by atoms with E-state index in [9.17, 15) is 4.39 Å². The van der Waals surface area contributed by atoms with Crippen LogP contribution in [0.5, 0.6) is 5.75 Å². The molecule has 0 unspecified atom stereocenters. The number of rotatable bonds is 3. The van der Waals surface area contributed by atoms with E-state index in [-0.39, 0.29) is 11.9 Å². The number of hydrogen-bond donors (Lipinski definition) is 1. The van der Waals surface area contributed by atoms with Crippen molar-refractivity contribution in [3.8, 4) is 5.75 Å². The van der Waals surface area contributed by atoms with Gasteiger partial charge in [0, 0.05) is 11.6 Å². The first-order chi connectivity index (χ1) is 6.19. The zero-order chi connectivity index (χ0) is 9.84. The summed E-state index contributed by atoms with van der Waals surface area (Å²) in [5.41, 5.74) is 6.44. The second-order valence-corrected chi connectivity index (χ2v) is 2.65. The number of benzene rings is 1. The van der Waals surface area contributed by atoms with Crippen molar-refractivity contribution in [3.05, 3.63) is 42.2 Å². The normalized spacial score (nSPS) is 12.2. The SMILES string of the molecule is C=C[C@@H](N)c1ccc(F)cc1OC. The van der Waals surface area contributed by atoms with Crippen LogP contribution in [0.3, 0.4) is 0 Å². The van der Waals surface area contributed by atoms with E-state index in [1.165, 1.54) is 19.2 Å². The lowest BCUT2D eigenvalue weighted by Crippen LogP contribution is -2.08. The molecule has 0 aliphatic heterocycles. The molecule has 0 aliphatic rings. The second-order valence-electron chi connectivity index (χ2n) is 2.65. The fourth-order valence-electron chi connectivity index (χ4n) is 1.09. The predicted octanol–water partition coefficient (Wildman–Crippen LogP) is 2.02. The van der Waals surface area contributed by atoms with Gasteiger partial charge in [-0.1, -0.05) is 12.1 Å². The highest BCUT2D eigenvalue weighted by Gasteiger charge is 2.08. The van der Waals surface area contributed by atoms with E-state index >= 15 is 0 Å². The number of hydrogen-bond acceptors (Lipinski definition) is 2. The van der Waals surface area contributed by atoms with Gasteiger partial charge in [0.25, 0.3) is 0 Å². The van der Waals surface area contributed by atoms with Gasteiger partial charge in [-0.3, -0.25) is 0 Å². The van der Waals surface area contributed by atoms with Crippen molar-refractivity contribution in [3.63, 3.8) is 0 Å². The summed E-state index contributed by atoms with van der Waals surface area (Å²) in [6, 6.07) is 3.93. The summed E-state index contributed by atoms with van der Waals surface area (Å²) in [6.45, 7) is 3.56. The zero-order valence-electron chi connectivity index (χ0n) is 7.46. The predicted molar refractivity (Wildman–Crippen MR) is 50.1 cm³/mol. The molecule has 70 valence electrons. The Morgan fingerprint density at radius 3 is 2.85 bits per heavy atom. The van der Waals surface area contributed by atoms with Crippen LogP contribution in [0.25, 0.3) is 0 Å². The van der Waals surface area contributed by atoms with Crippen molar-refractivity contribution >= 4 is 0 Å². The van der Waals surface area contributed by atoms with Crippen molar-refractivity contribution in [1.82, 2.24) is 0 Å². The van der Waals surface area contributed by atoms with Gasteiger partial charge in [-0.15, -0.1) is 6.58 Å². The molecular weight excluding hydrogens is 169 g/mol. The number of ether oxygens (including phenoxy) is 1. The van der Waals surface area contributed by atoms with Crippen LogP contribution < -0.4 is 10.5 Å². The smallest absolute Gasteiger partial charge is 0.126 e. The van der Waals surface area contributed by atoms with Crippen LogP contribution in [-0.4, -0.2) is 7.11 Å². The maximum Gasteiger partial charge on any atom is 0.126 e. The molecule has 2 N–H and O–H groups in total. The number of methoxy groups -OCH3 is 1. The molecule has 1 aromatic rings. The Morgan fingerprint density at radius 2 is 2.31 bits per heavy atom. The minimum absolute atomic E-state index is 0.324. The molecule has 0 aromatic heterocycles. The molecular formula is C10H12FNO. The summed E-state index contributed by atoms with van der Waals surface area (Å²) in [4.78, 5) is 0. The highest BCUT2D eigenvalue weighted by Crippen LogP contribution is 2.24. The zero-order valence-corrected chi connectivity index (χ0v) is 7.46. The highest BCUT2D eigenvalue weighted by atomic mass is 19.1. The first-order valence-corrected chi connectivity index (χ1v) is 3.90. The van der Waals surface area contributed by atoms with E-state index in [0.717, 1.165) is 5.56 Å². The fraction of sp³-hybridized carbons (Fsp3) is 0.200. The van der Waals surface area contributed by atoms with Crippen LogP contribution in [-0.2, 0) is 0 Å². The average Bonchev–Trinajstić information content (AvgIpc) is 2.16. The van der Waals surface area contributed by atoms with Crippen LogP contribution in [0, 0.1) is 5.82 Å². The monoisotopic (exact) mass is 181 g/mol. The molecule has 0 aliphatic carbocycles. The molecule has 1 rings (SSSR count). The van der Waals surface area contributed by atoms with E-state index in [0.29, 0.717) is 5.75 Å². The van der Waals surface area contributed by atoms with Gasteiger partial charge in [0.1, 0.15) is 11.6 Å². The molecule has 0 bridgehead atoms. The molecule has 2 nitrogen and oxygen atoms in total. The van der Waals surface area contributed by atoms with E-state index < -0.39 is 0 Å². The number of nitrogens with two attached hydrogens (primary N) is 1. The quantitative estimate of drug-likeness (QED) is 0.724. The summed E-state index contributed by atoms with van der Waals surface area (Å²) >= 11 is 0. The highest BCUT2D eigenvalue weighted by molar-refractivity contribution is 5.37. The Kier molecular flexibility index (Phi) is 3.03. The molecule has 0 radical (unpaired) electrons. The van der Waals surface area contributed by atoms with Gasteiger partial charge < -0.3 is 10.5 Å². The molecule has 0 fully saturated rings. The Bertz CT molecular complexity index is 312. The van der Waals surface area contributed by atoms with Crippen molar-refractivity contribution < 1.29 is 9.13 Å². The molecule has 13 heavy (non-hydrogen) atoms. The summed E-state index contributed by atoms with van der Waals surface area (Å²) in [5.74, 6) is 0.115. The van der Waals surface area contributed by atoms with Gasteiger partial charge in [0.05, 0.1) is 13.2 Å². The van der Waals surface area contributed by atoms with Crippen LogP contribution in [0.15, 0.2) is 30.9 Å². The topological polar surface area (TPSA) is 35.2 Å². The van der Waals surface area contributed by atoms with Crippen molar-refractivity contribution in [1.29, 1.82) is 0 Å². The van der Waals surface area contributed by atoms with Gasteiger partial charge >= 0.3 is 0 Å². The van der Waals surface area contributed by atoms with E-state index in [2.05, 4.69) is 6.58 Å². The Hall–Kier alpha value is -1.35. The molecule has 0 saturated carbocycles. The van der Waals surface area contributed by atoms with Crippen molar-refractivity contribution in [2.45, 2.75) is 6.04 Å². The first-order valence-electron chi connectivity index (χ1n) is 3.90. The molecule has 3 heteroatoms. The minimum atomic E-state index is -0.336. The van der Waals surface area contributed by atoms with Gasteiger partial charge in [-0.05, 0) is 6.07 Å².